The fraction of sp³-hybridized carbons (Fsp3) is 0.667. The van der Waals surface area contributed by atoms with Crippen LogP contribution in [0.2, 0.25) is 0 Å². The van der Waals surface area contributed by atoms with Gasteiger partial charge in [-0.1, -0.05) is 0 Å². The van der Waals surface area contributed by atoms with Gasteiger partial charge in [-0.15, -0.1) is 0 Å². The molecule has 0 unspecified atom stereocenters. The van der Waals surface area contributed by atoms with Crippen LogP contribution in [0.15, 0.2) is 30.3 Å². The quantitative estimate of drug-likeness (QED) is 0.528. The predicted molar refractivity (Wildman–Crippen MR) is 107 cm³/mol. The molecule has 0 nitrogen and oxygen atoms in total. The molecule has 0 N–H and O–H groups in total. The van der Waals surface area contributed by atoms with Crippen LogP contribution in [0.1, 0.15) is 64.2 Å². The van der Waals surface area contributed by atoms with E-state index in [0.717, 1.165) is 11.3 Å². The van der Waals surface area contributed by atoms with Crippen LogP contribution in [0.4, 0.5) is 0 Å². The van der Waals surface area contributed by atoms with Crippen LogP contribution >= 0.6 is 21.5 Å². The third kappa shape index (κ3) is 3.76. The average molecular weight is 369 g/mol. The molecule has 2 saturated carbocycles. The van der Waals surface area contributed by atoms with Crippen LogP contribution in [0.25, 0.3) is 0 Å². The van der Waals surface area contributed by atoms with Gasteiger partial charge in [-0.2, -0.15) is 0 Å². The van der Waals surface area contributed by atoms with Gasteiger partial charge in [0.15, 0.2) is 0 Å². The van der Waals surface area contributed by atoms with E-state index < -0.39 is 5.96 Å². The second-order valence-corrected chi connectivity index (χ2v) is 14.5. The molecule has 118 valence electrons. The summed E-state index contributed by atoms with van der Waals surface area (Å²) >= 11 is 4.46. The fourth-order valence-corrected chi connectivity index (χ4v) is 12.9. The van der Waals surface area contributed by atoms with Crippen molar-refractivity contribution in [3.63, 3.8) is 0 Å². The van der Waals surface area contributed by atoms with Gasteiger partial charge in [-0.3, -0.25) is 0 Å². The van der Waals surface area contributed by atoms with Crippen LogP contribution < -0.4 is 5.30 Å². The maximum absolute atomic E-state index is 4.46. The van der Waals surface area contributed by atoms with Crippen molar-refractivity contribution in [2.45, 2.75) is 75.5 Å². The Kier molecular flexibility index (Phi) is 6.82. The topological polar surface area (TPSA) is 0 Å². The minimum absolute atomic E-state index is 0. The van der Waals surface area contributed by atoms with E-state index in [1.165, 1.54) is 64.2 Å². The molecule has 0 amide bonds. The first-order chi connectivity index (χ1) is 9.82. The number of hydrogen-bond acceptors (Lipinski definition) is 0. The molecule has 0 radical (unpaired) electrons. The molecular formula is C18H31BBrP. The second-order valence-electron chi connectivity index (χ2n) is 6.80. The molecule has 2 aliphatic rings. The standard InChI is InChI=1S/C18H28BrP.BH3/c19-20(16-10-4-1-5-11-16,17-12-6-2-7-13-17)18-14-8-3-9-15-18;/h1,4-5,10-11,17-18,20H,2-3,6-9,12-15H2;1H3. The number of hydrogen-bond donors (Lipinski definition) is 0. The summed E-state index contributed by atoms with van der Waals surface area (Å²) in [7, 11) is 0. The van der Waals surface area contributed by atoms with Crippen LogP contribution in [0, 0.1) is 0 Å². The zero-order valence-corrected chi connectivity index (χ0v) is 15.1. The average Bonchev–Trinajstić information content (AvgIpc) is 2.56. The van der Waals surface area contributed by atoms with Gasteiger partial charge in [0.05, 0.1) is 8.41 Å². The Morgan fingerprint density at radius 3 is 1.57 bits per heavy atom. The van der Waals surface area contributed by atoms with Gasteiger partial charge in [0.25, 0.3) is 0 Å². The molecular weight excluding hydrogens is 338 g/mol. The molecule has 0 aromatic heterocycles. The molecule has 0 bridgehead atoms. The first kappa shape index (κ1) is 17.5. The summed E-state index contributed by atoms with van der Waals surface area (Å²) in [5.74, 6) is -1.51. The maximum atomic E-state index is 4.46. The van der Waals surface area contributed by atoms with Crippen LogP contribution in [0.3, 0.4) is 0 Å². The summed E-state index contributed by atoms with van der Waals surface area (Å²) < 4.78 is 0. The Morgan fingerprint density at radius 2 is 1.14 bits per heavy atom. The molecule has 2 fully saturated rings. The van der Waals surface area contributed by atoms with E-state index in [0.29, 0.717) is 0 Å². The summed E-state index contributed by atoms with van der Waals surface area (Å²) in [6.07, 6.45) is 14.7. The van der Waals surface area contributed by atoms with Crippen LogP contribution in [-0.2, 0) is 0 Å². The Bertz CT molecular complexity index is 392. The number of benzene rings is 1. The third-order valence-corrected chi connectivity index (χ3v) is 15.6. The first-order valence-electron chi connectivity index (χ1n) is 8.56. The Balaban J connectivity index is 0.00000161. The first-order valence-corrected chi connectivity index (χ1v) is 13.0. The molecule has 2 aliphatic carbocycles. The normalized spacial score (nSPS) is 22.5. The van der Waals surface area contributed by atoms with Crippen molar-refractivity contribution in [2.24, 2.45) is 0 Å². The van der Waals surface area contributed by atoms with E-state index in [9.17, 15) is 0 Å². The van der Waals surface area contributed by atoms with Crippen molar-refractivity contribution in [1.29, 1.82) is 0 Å². The Labute approximate surface area is 141 Å². The van der Waals surface area contributed by atoms with Crippen molar-refractivity contribution >= 4 is 35.2 Å². The van der Waals surface area contributed by atoms with Crippen molar-refractivity contribution in [1.82, 2.24) is 0 Å². The van der Waals surface area contributed by atoms with Gasteiger partial charge in [0.2, 0.25) is 0 Å². The Morgan fingerprint density at radius 1 is 0.714 bits per heavy atom. The van der Waals surface area contributed by atoms with Crippen molar-refractivity contribution in [3.05, 3.63) is 30.3 Å². The van der Waals surface area contributed by atoms with E-state index in [4.69, 9.17) is 0 Å². The zero-order chi connectivity index (χ0) is 13.8. The van der Waals surface area contributed by atoms with Gasteiger partial charge < -0.3 is 0 Å². The van der Waals surface area contributed by atoms with Gasteiger partial charge in [0, 0.05) is 0 Å². The zero-order valence-electron chi connectivity index (χ0n) is 12.5. The molecule has 0 spiro atoms. The molecule has 0 heterocycles. The summed E-state index contributed by atoms with van der Waals surface area (Å²) in [6, 6.07) is 11.5. The molecule has 21 heavy (non-hydrogen) atoms. The second kappa shape index (κ2) is 8.16. The van der Waals surface area contributed by atoms with Crippen LogP contribution in [-0.4, -0.2) is 19.7 Å². The van der Waals surface area contributed by atoms with Gasteiger partial charge in [-0.05, 0) is 0 Å². The summed E-state index contributed by atoms with van der Waals surface area (Å²) in [5, 5.41) is 1.68. The number of rotatable bonds is 3. The van der Waals surface area contributed by atoms with Gasteiger partial charge >= 0.3 is 133 Å². The van der Waals surface area contributed by atoms with Gasteiger partial charge in [-0.25, -0.2) is 0 Å². The third-order valence-electron chi connectivity index (χ3n) is 5.61. The van der Waals surface area contributed by atoms with Crippen molar-refractivity contribution < 1.29 is 0 Å². The Hall–Kier alpha value is 0.195. The molecule has 1 aromatic carbocycles. The predicted octanol–water partition coefficient (Wildman–Crippen LogP) is 4.85. The minimum atomic E-state index is -1.51. The van der Waals surface area contributed by atoms with E-state index in [-0.39, 0.29) is 8.41 Å². The molecule has 0 atom stereocenters. The molecule has 3 heteroatoms. The van der Waals surface area contributed by atoms with E-state index in [1.54, 1.807) is 5.30 Å². The van der Waals surface area contributed by atoms with E-state index in [2.05, 4.69) is 45.8 Å². The monoisotopic (exact) mass is 368 g/mol. The van der Waals surface area contributed by atoms with E-state index >= 15 is 0 Å². The molecule has 0 saturated heterocycles. The van der Waals surface area contributed by atoms with E-state index in [1.807, 2.05) is 0 Å². The SMILES string of the molecule is B.Br[PH](c1ccccc1)(C1CCCCC1)C1CCCCC1. The molecule has 1 aromatic rings. The van der Waals surface area contributed by atoms with Crippen LogP contribution in [0.5, 0.6) is 0 Å². The van der Waals surface area contributed by atoms with Crippen molar-refractivity contribution in [2.75, 3.05) is 0 Å². The molecule has 3 rings (SSSR count). The van der Waals surface area contributed by atoms with Crippen molar-refractivity contribution in [3.8, 4) is 0 Å². The summed E-state index contributed by atoms with van der Waals surface area (Å²) in [6.45, 7) is 0. The number of halogens is 1. The molecule has 0 aliphatic heterocycles. The van der Waals surface area contributed by atoms with Gasteiger partial charge in [0.1, 0.15) is 0 Å². The fourth-order valence-electron chi connectivity index (χ4n) is 4.54. The summed E-state index contributed by atoms with van der Waals surface area (Å²) in [5.41, 5.74) is 1.95. The summed E-state index contributed by atoms with van der Waals surface area (Å²) in [4.78, 5) is 0.